The Balaban J connectivity index is 1.02. The maximum atomic E-state index is 13.1. The smallest absolute Gasteiger partial charge is 0.299 e. The summed E-state index contributed by atoms with van der Waals surface area (Å²) in [6, 6.07) is 4.47. The first-order valence-electron chi connectivity index (χ1n) is 14.7. The summed E-state index contributed by atoms with van der Waals surface area (Å²) in [4.78, 5) is 49.2. The van der Waals surface area contributed by atoms with Gasteiger partial charge in [0.1, 0.15) is 12.0 Å². The molecular weight excluding hydrogens is 538 g/mol. The highest BCUT2D eigenvalue weighted by molar-refractivity contribution is 5.92. The van der Waals surface area contributed by atoms with Crippen LogP contribution in [0.4, 0.5) is 11.8 Å². The second-order valence-electron chi connectivity index (χ2n) is 11.0. The maximum absolute atomic E-state index is 13.1. The molecule has 13 heteroatoms. The van der Waals surface area contributed by atoms with Crippen molar-refractivity contribution in [1.82, 2.24) is 35.5 Å². The van der Waals surface area contributed by atoms with E-state index in [1.807, 2.05) is 12.1 Å². The van der Waals surface area contributed by atoms with Crippen molar-refractivity contribution in [2.75, 3.05) is 62.3 Å². The van der Waals surface area contributed by atoms with Crippen molar-refractivity contribution in [1.29, 1.82) is 0 Å². The number of aromatic nitrogens is 4. The summed E-state index contributed by atoms with van der Waals surface area (Å²) in [5.41, 5.74) is 2.58. The van der Waals surface area contributed by atoms with Crippen molar-refractivity contribution in [3.63, 3.8) is 0 Å². The Morgan fingerprint density at radius 2 is 1.83 bits per heavy atom. The normalized spacial score (nSPS) is 20.4. The molecule has 13 nitrogen and oxygen atoms in total. The van der Waals surface area contributed by atoms with Gasteiger partial charge in [-0.15, -0.1) is 0 Å². The lowest BCUT2D eigenvalue weighted by Gasteiger charge is -2.33. The van der Waals surface area contributed by atoms with E-state index in [0.717, 1.165) is 63.2 Å². The van der Waals surface area contributed by atoms with Crippen molar-refractivity contribution in [2.45, 2.75) is 44.3 Å². The molecule has 3 fully saturated rings. The predicted octanol–water partition coefficient (Wildman–Crippen LogP) is 1.51. The molecule has 0 unspecified atom stereocenters. The molecule has 0 saturated carbocycles. The van der Waals surface area contributed by atoms with Gasteiger partial charge in [-0.1, -0.05) is 6.58 Å². The van der Waals surface area contributed by atoms with Gasteiger partial charge in [-0.05, 0) is 56.0 Å². The van der Waals surface area contributed by atoms with Gasteiger partial charge in [0.2, 0.25) is 5.91 Å². The number of carbonyl (C=O) groups excluding carboxylic acids is 2. The van der Waals surface area contributed by atoms with E-state index >= 15 is 0 Å². The number of piperidine rings is 2. The van der Waals surface area contributed by atoms with E-state index in [1.165, 1.54) is 12.4 Å². The van der Waals surface area contributed by atoms with Crippen LogP contribution in [0.5, 0.6) is 0 Å². The molecule has 3 aromatic heterocycles. The number of rotatable bonds is 8. The first kappa shape index (κ1) is 28.0. The van der Waals surface area contributed by atoms with Crippen LogP contribution >= 0.6 is 0 Å². The highest BCUT2D eigenvalue weighted by atomic mass is 16.5. The maximum Gasteiger partial charge on any atom is 0.299 e. The number of hydrogen-bond acceptors (Lipinski definition) is 11. The summed E-state index contributed by atoms with van der Waals surface area (Å²) in [5.74, 6) is 0.462. The summed E-state index contributed by atoms with van der Waals surface area (Å²) < 4.78 is 11.5. The number of morpholine rings is 1. The van der Waals surface area contributed by atoms with Crippen molar-refractivity contribution in [2.24, 2.45) is 0 Å². The summed E-state index contributed by atoms with van der Waals surface area (Å²) in [6.07, 6.45) is 7.99. The fraction of sp³-hybridized carbons (Fsp3) is 0.517. The van der Waals surface area contributed by atoms with Gasteiger partial charge in [0.05, 0.1) is 13.2 Å². The number of oxazole rings is 1. The van der Waals surface area contributed by atoms with Gasteiger partial charge in [0.15, 0.2) is 11.3 Å². The molecule has 2 amide bonds. The molecule has 0 aromatic carbocycles. The number of pyridine rings is 1. The molecule has 0 bridgehead atoms. The molecule has 222 valence electrons. The number of nitrogens with one attached hydrogen (secondary N) is 2. The molecule has 2 N–H and O–H groups in total. The molecule has 0 spiro atoms. The lowest BCUT2D eigenvalue weighted by atomic mass is 10.0. The average molecular weight is 576 g/mol. The van der Waals surface area contributed by atoms with E-state index in [0.29, 0.717) is 55.8 Å². The standard InChI is InChI=1S/C29H37N9O4/c1-2-24(39)33-22-4-3-9-36(18-22)17-20-5-8-30-23(16-20)27(40)34-21-6-10-38(11-7-21)29-35-25-26(31-19-32-28(25)42-29)37-12-14-41-15-13-37/h2,5,8,16,19,21-22H,1,3-4,6-7,9-15,17-18H2,(H,33,39)(H,34,40)/t22-/m1/s1. The first-order chi connectivity index (χ1) is 20.6. The third-order valence-corrected chi connectivity index (χ3v) is 8.08. The van der Waals surface area contributed by atoms with Crippen LogP contribution in [0.1, 0.15) is 41.7 Å². The number of amides is 2. The second kappa shape index (κ2) is 12.8. The van der Waals surface area contributed by atoms with E-state index in [2.05, 4.69) is 46.9 Å². The minimum Gasteiger partial charge on any atom is -0.404 e. The first-order valence-corrected chi connectivity index (χ1v) is 14.7. The van der Waals surface area contributed by atoms with Crippen LogP contribution in [0.25, 0.3) is 11.2 Å². The molecule has 0 aliphatic carbocycles. The van der Waals surface area contributed by atoms with Gasteiger partial charge >= 0.3 is 0 Å². The zero-order valence-electron chi connectivity index (χ0n) is 23.7. The third kappa shape index (κ3) is 6.52. The molecule has 0 radical (unpaired) electrons. The fourth-order valence-electron chi connectivity index (χ4n) is 5.88. The van der Waals surface area contributed by atoms with Crippen LogP contribution in [-0.4, -0.2) is 101 Å². The molecule has 3 saturated heterocycles. The molecule has 3 aliphatic rings. The van der Waals surface area contributed by atoms with Gasteiger partial charge in [-0.25, -0.2) is 4.98 Å². The van der Waals surface area contributed by atoms with Crippen LogP contribution < -0.4 is 20.4 Å². The van der Waals surface area contributed by atoms with Crippen LogP contribution in [-0.2, 0) is 16.1 Å². The van der Waals surface area contributed by atoms with E-state index in [1.54, 1.807) is 6.20 Å². The van der Waals surface area contributed by atoms with Crippen LogP contribution in [0.2, 0.25) is 0 Å². The highest BCUT2D eigenvalue weighted by Gasteiger charge is 2.27. The molecule has 3 aliphatic heterocycles. The lowest BCUT2D eigenvalue weighted by molar-refractivity contribution is -0.117. The van der Waals surface area contributed by atoms with E-state index < -0.39 is 0 Å². The van der Waals surface area contributed by atoms with Crippen molar-refractivity contribution in [3.05, 3.63) is 48.6 Å². The van der Waals surface area contributed by atoms with Gasteiger partial charge in [-0.3, -0.25) is 19.5 Å². The number of likely N-dealkylation sites (tertiary alicyclic amines) is 1. The number of hydrogen-bond donors (Lipinski definition) is 2. The quantitative estimate of drug-likeness (QED) is 0.378. The average Bonchev–Trinajstić information content (AvgIpc) is 3.47. The van der Waals surface area contributed by atoms with Crippen LogP contribution in [0.15, 0.2) is 41.7 Å². The number of ether oxygens (including phenoxy) is 1. The number of fused-ring (bicyclic) bond motifs is 1. The highest BCUT2D eigenvalue weighted by Crippen LogP contribution is 2.29. The molecular formula is C29H37N9O4. The summed E-state index contributed by atoms with van der Waals surface area (Å²) in [6.45, 7) is 10.2. The molecule has 6 rings (SSSR count). The van der Waals surface area contributed by atoms with Gasteiger partial charge in [-0.2, -0.15) is 9.97 Å². The Bertz CT molecular complexity index is 1420. The Morgan fingerprint density at radius 1 is 1.00 bits per heavy atom. The summed E-state index contributed by atoms with van der Waals surface area (Å²) in [5, 5.41) is 6.16. The number of anilines is 2. The van der Waals surface area contributed by atoms with Gasteiger partial charge < -0.3 is 29.6 Å². The molecule has 6 heterocycles. The Hall–Kier alpha value is -4.10. The van der Waals surface area contributed by atoms with Crippen LogP contribution in [0, 0.1) is 0 Å². The Labute approximate surface area is 244 Å². The van der Waals surface area contributed by atoms with Gasteiger partial charge in [0.25, 0.3) is 17.6 Å². The summed E-state index contributed by atoms with van der Waals surface area (Å²) in [7, 11) is 0. The number of carbonyl (C=O) groups is 2. The molecule has 1 atom stereocenters. The van der Waals surface area contributed by atoms with Crippen molar-refractivity contribution in [3.8, 4) is 0 Å². The molecule has 3 aromatic rings. The third-order valence-electron chi connectivity index (χ3n) is 8.08. The minimum absolute atomic E-state index is 0.0311. The lowest BCUT2D eigenvalue weighted by Crippen LogP contribution is -2.47. The van der Waals surface area contributed by atoms with Gasteiger partial charge in [0, 0.05) is 57.5 Å². The van der Waals surface area contributed by atoms with E-state index in [4.69, 9.17) is 14.1 Å². The van der Waals surface area contributed by atoms with E-state index in [-0.39, 0.29) is 23.9 Å². The monoisotopic (exact) mass is 575 g/mol. The summed E-state index contributed by atoms with van der Waals surface area (Å²) >= 11 is 0. The van der Waals surface area contributed by atoms with Crippen LogP contribution in [0.3, 0.4) is 0 Å². The largest absolute Gasteiger partial charge is 0.404 e. The minimum atomic E-state index is -0.169. The fourth-order valence-corrected chi connectivity index (χ4v) is 5.88. The molecule has 42 heavy (non-hydrogen) atoms. The topological polar surface area (TPSA) is 142 Å². The van der Waals surface area contributed by atoms with Crippen molar-refractivity contribution >= 4 is 34.9 Å². The van der Waals surface area contributed by atoms with E-state index in [9.17, 15) is 9.59 Å². The second-order valence-corrected chi connectivity index (χ2v) is 11.0. The SMILES string of the molecule is C=CC(=O)N[C@@H]1CCCN(Cc2ccnc(C(=O)NC3CCN(c4nc5c(N6CCOCC6)ncnc5o4)CC3)c2)C1. The zero-order valence-corrected chi connectivity index (χ0v) is 23.7. The Morgan fingerprint density at radius 3 is 2.64 bits per heavy atom. The number of nitrogens with zero attached hydrogens (tertiary/aromatic N) is 7. The predicted molar refractivity (Wildman–Crippen MR) is 156 cm³/mol. The Kier molecular flexibility index (Phi) is 8.56. The zero-order chi connectivity index (χ0) is 28.9. The van der Waals surface area contributed by atoms with Crippen molar-refractivity contribution < 1.29 is 18.7 Å².